The smallest absolute Gasteiger partial charge is 0.307 e. The molecule has 0 bridgehead atoms. The number of anilines is 2. The fourth-order valence-corrected chi connectivity index (χ4v) is 4.16. The van der Waals surface area contributed by atoms with Crippen molar-refractivity contribution in [3.05, 3.63) is 105 Å². The Balaban J connectivity index is 1.86. The number of hydrogen-bond donors (Lipinski definition) is 2. The fourth-order valence-electron chi connectivity index (χ4n) is 3.90. The molecule has 2 N–H and O–H groups in total. The first kappa shape index (κ1) is 21.8. The Hall–Kier alpha value is -3.38. The van der Waals surface area contributed by atoms with Crippen LogP contribution >= 0.6 is 15.9 Å². The van der Waals surface area contributed by atoms with Crippen molar-refractivity contribution in [3.8, 4) is 0 Å². The Kier molecular flexibility index (Phi) is 6.15. The molecule has 6 heteroatoms. The molecular weight excluding hydrogens is 468 g/mol. The molecule has 0 saturated heterocycles. The van der Waals surface area contributed by atoms with Crippen LogP contribution in [0.4, 0.5) is 11.4 Å². The van der Waals surface area contributed by atoms with E-state index >= 15 is 0 Å². The summed E-state index contributed by atoms with van der Waals surface area (Å²) in [7, 11) is 0. The number of amides is 1. The highest BCUT2D eigenvalue weighted by atomic mass is 79.9. The van der Waals surface area contributed by atoms with Gasteiger partial charge in [-0.05, 0) is 61.4 Å². The molecule has 0 saturated carbocycles. The summed E-state index contributed by atoms with van der Waals surface area (Å²) in [6.07, 6.45) is -0.247. The molecule has 0 unspecified atom stereocenters. The van der Waals surface area contributed by atoms with Crippen LogP contribution in [-0.2, 0) is 9.59 Å². The minimum absolute atomic E-state index is 0.247. The highest BCUT2D eigenvalue weighted by Gasteiger charge is 2.41. The van der Waals surface area contributed by atoms with Crippen LogP contribution in [0.3, 0.4) is 0 Å². The van der Waals surface area contributed by atoms with E-state index < -0.39 is 12.0 Å². The van der Waals surface area contributed by atoms with Gasteiger partial charge in [-0.2, -0.15) is 0 Å². The van der Waals surface area contributed by atoms with Crippen molar-refractivity contribution in [1.29, 1.82) is 0 Å². The second-order valence-corrected chi connectivity index (χ2v) is 8.84. The zero-order chi connectivity index (χ0) is 22.8. The first-order valence-corrected chi connectivity index (χ1v) is 11.1. The zero-order valence-corrected chi connectivity index (χ0v) is 19.4. The van der Waals surface area contributed by atoms with Crippen LogP contribution in [0.15, 0.2) is 88.5 Å². The topological polar surface area (TPSA) is 69.6 Å². The van der Waals surface area contributed by atoms with Crippen LogP contribution in [0.5, 0.6) is 0 Å². The van der Waals surface area contributed by atoms with Gasteiger partial charge in [0, 0.05) is 15.8 Å². The molecule has 0 aromatic heterocycles. The summed E-state index contributed by atoms with van der Waals surface area (Å²) in [6, 6.07) is 22.5. The molecule has 0 spiro atoms. The lowest BCUT2D eigenvalue weighted by Gasteiger charge is -2.27. The summed E-state index contributed by atoms with van der Waals surface area (Å²) < 4.78 is 0.911. The molecule has 1 atom stereocenters. The molecule has 0 fully saturated rings. The first-order chi connectivity index (χ1) is 15.3. The third kappa shape index (κ3) is 4.46. The normalized spacial score (nSPS) is 15.9. The van der Waals surface area contributed by atoms with Crippen molar-refractivity contribution >= 4 is 39.2 Å². The average Bonchev–Trinajstić information content (AvgIpc) is 3.02. The van der Waals surface area contributed by atoms with Crippen LogP contribution in [-0.4, -0.2) is 17.0 Å². The van der Waals surface area contributed by atoms with E-state index in [1.165, 1.54) is 0 Å². The maximum Gasteiger partial charge on any atom is 0.307 e. The zero-order valence-electron chi connectivity index (χ0n) is 17.8. The van der Waals surface area contributed by atoms with Gasteiger partial charge < -0.3 is 10.4 Å². The van der Waals surface area contributed by atoms with E-state index in [1.807, 2.05) is 86.6 Å². The molecule has 3 aromatic rings. The van der Waals surface area contributed by atoms with Crippen molar-refractivity contribution in [3.63, 3.8) is 0 Å². The van der Waals surface area contributed by atoms with Crippen molar-refractivity contribution in [2.75, 3.05) is 10.2 Å². The van der Waals surface area contributed by atoms with Crippen molar-refractivity contribution < 1.29 is 14.7 Å². The largest absolute Gasteiger partial charge is 0.481 e. The van der Waals surface area contributed by atoms with E-state index in [9.17, 15) is 14.7 Å². The average molecular weight is 491 g/mol. The quantitative estimate of drug-likeness (QED) is 0.444. The number of rotatable bonds is 6. The highest BCUT2D eigenvalue weighted by molar-refractivity contribution is 9.10. The number of benzene rings is 3. The van der Waals surface area contributed by atoms with Gasteiger partial charge in [-0.3, -0.25) is 14.5 Å². The number of halogens is 1. The predicted octanol–water partition coefficient (Wildman–Crippen LogP) is 5.99. The summed E-state index contributed by atoms with van der Waals surface area (Å²) in [5.41, 5.74) is 5.33. The lowest BCUT2D eigenvalue weighted by atomic mass is 9.96. The van der Waals surface area contributed by atoms with Gasteiger partial charge in [-0.15, -0.1) is 0 Å². The summed E-state index contributed by atoms with van der Waals surface area (Å²) in [5.74, 6) is -1.23. The van der Waals surface area contributed by atoms with E-state index in [0.29, 0.717) is 11.3 Å². The molecule has 1 heterocycles. The van der Waals surface area contributed by atoms with Crippen LogP contribution < -0.4 is 10.2 Å². The molecule has 162 valence electrons. The van der Waals surface area contributed by atoms with E-state index in [0.717, 1.165) is 32.5 Å². The van der Waals surface area contributed by atoms with Gasteiger partial charge in [0.1, 0.15) is 5.70 Å². The van der Waals surface area contributed by atoms with Crippen molar-refractivity contribution in [1.82, 2.24) is 0 Å². The number of carbonyl (C=O) groups is 2. The SMILES string of the molecule is Cc1ccc(NC2=C(CC(=O)O)[C@@H](c3ccc(Br)cc3)N(c3ccc(C)cc3)C2=O)cc1. The van der Waals surface area contributed by atoms with E-state index in [4.69, 9.17) is 0 Å². The lowest BCUT2D eigenvalue weighted by molar-refractivity contribution is -0.136. The summed E-state index contributed by atoms with van der Waals surface area (Å²) in [4.78, 5) is 27.2. The fraction of sp³-hybridized carbons (Fsp3) is 0.154. The van der Waals surface area contributed by atoms with Gasteiger partial charge in [-0.1, -0.05) is 63.5 Å². The molecule has 32 heavy (non-hydrogen) atoms. The first-order valence-electron chi connectivity index (χ1n) is 10.3. The van der Waals surface area contributed by atoms with Crippen LogP contribution in [0.25, 0.3) is 0 Å². The molecule has 3 aromatic carbocycles. The highest BCUT2D eigenvalue weighted by Crippen LogP contribution is 2.43. The minimum Gasteiger partial charge on any atom is -0.481 e. The number of nitrogens with zero attached hydrogens (tertiary/aromatic N) is 1. The molecule has 1 aliphatic heterocycles. The maximum absolute atomic E-state index is 13.7. The second-order valence-electron chi connectivity index (χ2n) is 7.93. The standard InChI is InChI=1S/C26H23BrN2O3/c1-16-3-11-20(12-4-16)28-24-22(15-23(30)31)25(18-7-9-19(27)10-8-18)29(26(24)32)21-13-5-17(2)6-14-21/h3-14,25,28H,15H2,1-2H3,(H,30,31)/t25-/m1/s1. The predicted molar refractivity (Wildman–Crippen MR) is 130 cm³/mol. The Morgan fingerprint density at radius 1 is 0.938 bits per heavy atom. The Morgan fingerprint density at radius 3 is 2.06 bits per heavy atom. The van der Waals surface area contributed by atoms with Gasteiger partial charge in [0.25, 0.3) is 5.91 Å². The number of carbonyl (C=O) groups excluding carboxylic acids is 1. The number of aliphatic carboxylic acids is 1. The summed E-state index contributed by atoms with van der Waals surface area (Å²) in [5, 5.41) is 12.9. The van der Waals surface area contributed by atoms with Gasteiger partial charge >= 0.3 is 5.97 Å². The number of nitrogens with one attached hydrogen (secondary N) is 1. The van der Waals surface area contributed by atoms with E-state index in [2.05, 4.69) is 21.2 Å². The molecule has 1 aliphatic rings. The molecule has 0 aliphatic carbocycles. The summed E-state index contributed by atoms with van der Waals surface area (Å²) >= 11 is 3.45. The van der Waals surface area contributed by atoms with Crippen molar-refractivity contribution in [2.45, 2.75) is 26.3 Å². The third-order valence-corrected chi connectivity index (χ3v) is 6.03. The van der Waals surface area contributed by atoms with Gasteiger partial charge in [0.15, 0.2) is 0 Å². The maximum atomic E-state index is 13.7. The number of hydrogen-bond acceptors (Lipinski definition) is 3. The number of aryl methyl sites for hydroxylation is 2. The Morgan fingerprint density at radius 2 is 1.50 bits per heavy atom. The van der Waals surface area contributed by atoms with Gasteiger partial charge in [0.2, 0.25) is 0 Å². The van der Waals surface area contributed by atoms with E-state index in [-0.39, 0.29) is 12.3 Å². The Labute approximate surface area is 195 Å². The van der Waals surface area contributed by atoms with Gasteiger partial charge in [-0.25, -0.2) is 0 Å². The summed E-state index contributed by atoms with van der Waals surface area (Å²) in [6.45, 7) is 3.97. The van der Waals surface area contributed by atoms with Crippen molar-refractivity contribution in [2.24, 2.45) is 0 Å². The molecule has 5 nitrogen and oxygen atoms in total. The van der Waals surface area contributed by atoms with Crippen LogP contribution in [0, 0.1) is 13.8 Å². The second kappa shape index (κ2) is 9.01. The Bertz CT molecular complexity index is 1180. The van der Waals surface area contributed by atoms with Crippen LogP contribution in [0.2, 0.25) is 0 Å². The number of carboxylic acids is 1. The molecular formula is C26H23BrN2O3. The van der Waals surface area contributed by atoms with Gasteiger partial charge in [0.05, 0.1) is 12.5 Å². The monoisotopic (exact) mass is 490 g/mol. The third-order valence-electron chi connectivity index (χ3n) is 5.50. The van der Waals surface area contributed by atoms with Crippen LogP contribution in [0.1, 0.15) is 29.2 Å². The molecule has 1 amide bonds. The lowest BCUT2D eigenvalue weighted by Crippen LogP contribution is -2.31. The molecule has 0 radical (unpaired) electrons. The molecule has 4 rings (SSSR count). The van der Waals surface area contributed by atoms with E-state index in [1.54, 1.807) is 4.90 Å². The minimum atomic E-state index is -0.983. The number of carboxylic acid groups (broad SMARTS) is 1.